The number of fused-ring (bicyclic) bond motifs is 1. The summed E-state index contributed by atoms with van der Waals surface area (Å²) in [5.74, 6) is -1.38. The number of carboxylic acids is 1. The van der Waals surface area contributed by atoms with E-state index in [0.29, 0.717) is 5.56 Å². The molecule has 9 heteroatoms. The van der Waals surface area contributed by atoms with Crippen LogP contribution >= 0.6 is 0 Å². The van der Waals surface area contributed by atoms with Gasteiger partial charge in [0, 0.05) is 12.1 Å². The summed E-state index contributed by atoms with van der Waals surface area (Å²) >= 11 is 0. The predicted octanol–water partition coefficient (Wildman–Crippen LogP) is -0.684. The van der Waals surface area contributed by atoms with Crippen LogP contribution in [-0.2, 0) is 19.6 Å². The summed E-state index contributed by atoms with van der Waals surface area (Å²) in [5.41, 5.74) is 0.413. The molecule has 1 aliphatic rings. The van der Waals surface area contributed by atoms with Crippen molar-refractivity contribution in [2.75, 3.05) is 13.1 Å². The van der Waals surface area contributed by atoms with Crippen molar-refractivity contribution in [3.8, 4) is 0 Å². The van der Waals surface area contributed by atoms with Crippen molar-refractivity contribution >= 4 is 27.7 Å². The molecular formula is C12H13N3O5S. The van der Waals surface area contributed by atoms with E-state index >= 15 is 0 Å². The number of carbonyl (C=O) groups is 2. The van der Waals surface area contributed by atoms with E-state index in [9.17, 15) is 18.0 Å². The molecule has 0 aromatic heterocycles. The number of carboxylic acid groups (broad SMARTS) is 1. The second-order valence-corrected chi connectivity index (χ2v) is 5.91. The molecule has 1 aromatic carbocycles. The Kier molecular flexibility index (Phi) is 4.22. The van der Waals surface area contributed by atoms with Gasteiger partial charge in [-0.05, 0) is 12.1 Å². The third-order valence-corrected chi connectivity index (χ3v) is 4.10. The average molecular weight is 311 g/mol. The molecule has 21 heavy (non-hydrogen) atoms. The molecule has 1 heterocycles. The summed E-state index contributed by atoms with van der Waals surface area (Å²) in [6, 6.07) is 6.31. The van der Waals surface area contributed by atoms with E-state index < -0.39 is 21.9 Å². The molecule has 0 spiro atoms. The lowest BCUT2D eigenvalue weighted by molar-refractivity contribution is -0.136. The molecule has 0 atom stereocenters. The monoisotopic (exact) mass is 311 g/mol. The smallest absolute Gasteiger partial charge is 0.305 e. The van der Waals surface area contributed by atoms with Gasteiger partial charge in [-0.1, -0.05) is 12.1 Å². The maximum absolute atomic E-state index is 11.8. The number of benzene rings is 1. The van der Waals surface area contributed by atoms with E-state index in [1.807, 2.05) is 0 Å². The summed E-state index contributed by atoms with van der Waals surface area (Å²) in [6.45, 7) is -0.285. The van der Waals surface area contributed by atoms with Crippen molar-refractivity contribution in [1.29, 1.82) is 0 Å². The lowest BCUT2D eigenvalue weighted by atomic mass is 10.2. The van der Waals surface area contributed by atoms with Crippen molar-refractivity contribution < 1.29 is 23.1 Å². The maximum atomic E-state index is 11.8. The molecule has 1 amide bonds. The van der Waals surface area contributed by atoms with Gasteiger partial charge in [-0.3, -0.25) is 19.3 Å². The fraction of sp³-hybridized carbons (Fsp3) is 0.250. The SMILES string of the molecule is O=C(O)CCNC(=O)CN=C1NS(=O)(=O)c2ccccc21. The van der Waals surface area contributed by atoms with Gasteiger partial charge in [-0.2, -0.15) is 0 Å². The highest BCUT2D eigenvalue weighted by Crippen LogP contribution is 2.21. The molecular weight excluding hydrogens is 298 g/mol. The van der Waals surface area contributed by atoms with Gasteiger partial charge in [-0.25, -0.2) is 8.42 Å². The number of sulfonamides is 1. The van der Waals surface area contributed by atoms with Crippen LogP contribution in [0.4, 0.5) is 0 Å². The molecule has 0 saturated heterocycles. The van der Waals surface area contributed by atoms with E-state index in [2.05, 4.69) is 15.0 Å². The second-order valence-electron chi connectivity index (χ2n) is 4.26. The Morgan fingerprint density at radius 1 is 1.29 bits per heavy atom. The number of aliphatic carboxylic acids is 1. The lowest BCUT2D eigenvalue weighted by Crippen LogP contribution is -2.29. The molecule has 0 fully saturated rings. The van der Waals surface area contributed by atoms with Gasteiger partial charge < -0.3 is 10.4 Å². The van der Waals surface area contributed by atoms with Gasteiger partial charge in [0.25, 0.3) is 10.0 Å². The molecule has 1 aromatic rings. The molecule has 8 nitrogen and oxygen atoms in total. The van der Waals surface area contributed by atoms with Gasteiger partial charge in [0.05, 0.1) is 11.3 Å². The Hall–Kier alpha value is -2.42. The van der Waals surface area contributed by atoms with E-state index in [1.165, 1.54) is 6.07 Å². The maximum Gasteiger partial charge on any atom is 0.305 e. The number of hydrogen-bond donors (Lipinski definition) is 3. The minimum absolute atomic E-state index is 0.00132. The minimum atomic E-state index is -3.62. The zero-order valence-corrected chi connectivity index (χ0v) is 11.7. The van der Waals surface area contributed by atoms with Crippen LogP contribution in [0.3, 0.4) is 0 Å². The standard InChI is InChI=1S/C12H13N3O5S/c16-10(13-6-5-11(17)18)7-14-12-8-3-1-2-4-9(8)21(19,20)15-12/h1-4H,5-7H2,(H,13,16)(H,14,15)(H,17,18). The van der Waals surface area contributed by atoms with E-state index in [-0.39, 0.29) is 30.2 Å². The fourth-order valence-corrected chi connectivity index (χ4v) is 3.02. The number of nitrogens with zero attached hydrogens (tertiary/aromatic N) is 1. The first-order valence-corrected chi connectivity index (χ1v) is 7.53. The zero-order valence-electron chi connectivity index (χ0n) is 10.9. The second kappa shape index (κ2) is 5.92. The first-order valence-electron chi connectivity index (χ1n) is 6.05. The molecule has 0 unspecified atom stereocenters. The molecule has 2 rings (SSSR count). The van der Waals surface area contributed by atoms with E-state index in [4.69, 9.17) is 5.11 Å². The summed E-state index contributed by atoms with van der Waals surface area (Å²) in [5, 5.41) is 10.8. The molecule has 0 aliphatic carbocycles. The largest absolute Gasteiger partial charge is 0.481 e. The predicted molar refractivity (Wildman–Crippen MR) is 73.4 cm³/mol. The highest BCUT2D eigenvalue weighted by Gasteiger charge is 2.30. The third kappa shape index (κ3) is 3.57. The van der Waals surface area contributed by atoms with Gasteiger partial charge in [-0.15, -0.1) is 0 Å². The van der Waals surface area contributed by atoms with Crippen LogP contribution in [0.15, 0.2) is 34.2 Å². The first-order chi connectivity index (χ1) is 9.90. The highest BCUT2D eigenvalue weighted by molar-refractivity contribution is 7.90. The highest BCUT2D eigenvalue weighted by atomic mass is 32.2. The van der Waals surface area contributed by atoms with Crippen molar-refractivity contribution in [3.63, 3.8) is 0 Å². The molecule has 112 valence electrons. The topological polar surface area (TPSA) is 125 Å². The van der Waals surface area contributed by atoms with Crippen LogP contribution in [0, 0.1) is 0 Å². The normalized spacial score (nSPS) is 17.0. The van der Waals surface area contributed by atoms with Crippen molar-refractivity contribution in [1.82, 2.24) is 10.0 Å². The third-order valence-electron chi connectivity index (χ3n) is 2.70. The Labute approximate surface area is 120 Å². The summed E-state index contributed by atoms with van der Waals surface area (Å²) in [6.07, 6.45) is -0.183. The van der Waals surface area contributed by atoms with Crippen molar-refractivity contribution in [2.45, 2.75) is 11.3 Å². The number of nitrogens with one attached hydrogen (secondary N) is 2. The van der Waals surface area contributed by atoms with Gasteiger partial charge in [0.15, 0.2) is 0 Å². The number of hydrogen-bond acceptors (Lipinski definition) is 5. The number of amidine groups is 1. The van der Waals surface area contributed by atoms with Crippen LogP contribution in [0.2, 0.25) is 0 Å². The minimum Gasteiger partial charge on any atom is -0.481 e. The van der Waals surface area contributed by atoms with Crippen LogP contribution < -0.4 is 10.0 Å². The number of carbonyl (C=O) groups excluding carboxylic acids is 1. The molecule has 0 bridgehead atoms. The summed E-state index contributed by atoms with van der Waals surface area (Å²) in [7, 11) is -3.62. The number of rotatable bonds is 5. The molecule has 3 N–H and O–H groups in total. The van der Waals surface area contributed by atoms with Gasteiger partial charge >= 0.3 is 5.97 Å². The average Bonchev–Trinajstić information content (AvgIpc) is 2.68. The summed E-state index contributed by atoms with van der Waals surface area (Å²) in [4.78, 5) is 25.8. The molecule has 0 saturated carbocycles. The molecule has 1 aliphatic heterocycles. The first kappa shape index (κ1) is 15.0. The van der Waals surface area contributed by atoms with Crippen LogP contribution in [-0.4, -0.2) is 44.3 Å². The van der Waals surface area contributed by atoms with Crippen molar-refractivity contribution in [3.05, 3.63) is 29.8 Å². The van der Waals surface area contributed by atoms with Crippen LogP contribution in [0.1, 0.15) is 12.0 Å². The Morgan fingerprint density at radius 2 is 2.00 bits per heavy atom. The van der Waals surface area contributed by atoms with E-state index in [0.717, 1.165) is 0 Å². The zero-order chi connectivity index (χ0) is 15.5. The fourth-order valence-electron chi connectivity index (χ4n) is 1.77. The number of amides is 1. The van der Waals surface area contributed by atoms with Gasteiger partial charge in [0.2, 0.25) is 5.91 Å². The van der Waals surface area contributed by atoms with Gasteiger partial charge in [0.1, 0.15) is 12.4 Å². The van der Waals surface area contributed by atoms with Crippen LogP contribution in [0.25, 0.3) is 0 Å². The molecule has 0 radical (unpaired) electrons. The van der Waals surface area contributed by atoms with E-state index in [1.54, 1.807) is 18.2 Å². The van der Waals surface area contributed by atoms with Crippen LogP contribution in [0.5, 0.6) is 0 Å². The Morgan fingerprint density at radius 3 is 2.71 bits per heavy atom. The summed E-state index contributed by atoms with van der Waals surface area (Å²) < 4.78 is 25.9. The lowest BCUT2D eigenvalue weighted by Gasteiger charge is -2.02. The Balaban J connectivity index is 2.03. The van der Waals surface area contributed by atoms with Crippen molar-refractivity contribution in [2.24, 2.45) is 4.99 Å². The number of aliphatic imine (C=N–C) groups is 1. The quantitative estimate of drug-likeness (QED) is 0.664. The Bertz CT molecular complexity index is 711.